The summed E-state index contributed by atoms with van der Waals surface area (Å²) in [6.45, 7) is 0.825. The van der Waals surface area contributed by atoms with Crippen molar-refractivity contribution in [2.75, 3.05) is 39.8 Å². The monoisotopic (exact) mass is 467 g/mol. The molecule has 0 unspecified atom stereocenters. The summed E-state index contributed by atoms with van der Waals surface area (Å²) in [5, 5.41) is 0. The Morgan fingerprint density at radius 3 is 2.10 bits per heavy atom. The summed E-state index contributed by atoms with van der Waals surface area (Å²) < 4.78 is 58.8. The van der Waals surface area contributed by atoms with E-state index in [2.05, 4.69) is 4.72 Å². The molecular weight excluding hydrogens is 442 g/mol. The van der Waals surface area contributed by atoms with Crippen LogP contribution in [0.25, 0.3) is 0 Å². The summed E-state index contributed by atoms with van der Waals surface area (Å²) in [7, 11) is -5.82. The average molecular weight is 468 g/mol. The molecule has 11 heteroatoms. The van der Waals surface area contributed by atoms with E-state index in [1.807, 2.05) is 0 Å². The van der Waals surface area contributed by atoms with Gasteiger partial charge in [0.15, 0.2) is 0 Å². The molecular formula is C20H25N3O6S2. The van der Waals surface area contributed by atoms with Gasteiger partial charge in [-0.3, -0.25) is 4.79 Å². The van der Waals surface area contributed by atoms with Crippen molar-refractivity contribution in [2.45, 2.75) is 16.2 Å². The molecule has 1 aliphatic rings. The highest BCUT2D eigenvalue weighted by molar-refractivity contribution is 7.89. The van der Waals surface area contributed by atoms with Crippen LogP contribution in [0.15, 0.2) is 64.4 Å². The van der Waals surface area contributed by atoms with Crippen LogP contribution >= 0.6 is 0 Å². The van der Waals surface area contributed by atoms with Gasteiger partial charge in [-0.2, -0.15) is 4.31 Å². The summed E-state index contributed by atoms with van der Waals surface area (Å²) in [6, 6.07) is 14.1. The lowest BCUT2D eigenvalue weighted by Gasteiger charge is -2.34. The second-order valence-electron chi connectivity index (χ2n) is 6.92. The number of carbonyl (C=O) groups is 1. The van der Waals surface area contributed by atoms with E-state index >= 15 is 0 Å². The number of amides is 1. The zero-order chi connectivity index (χ0) is 22.5. The van der Waals surface area contributed by atoms with Gasteiger partial charge in [-0.15, -0.1) is 0 Å². The third-order valence-corrected chi connectivity index (χ3v) is 8.36. The van der Waals surface area contributed by atoms with E-state index < -0.39 is 20.0 Å². The van der Waals surface area contributed by atoms with E-state index in [1.54, 1.807) is 35.2 Å². The zero-order valence-corrected chi connectivity index (χ0v) is 18.7. The van der Waals surface area contributed by atoms with Crippen molar-refractivity contribution in [3.8, 4) is 5.75 Å². The minimum absolute atomic E-state index is 0.00269. The largest absolute Gasteiger partial charge is 0.497 e. The number of methoxy groups -OCH3 is 1. The van der Waals surface area contributed by atoms with Crippen LogP contribution in [-0.4, -0.2) is 71.8 Å². The van der Waals surface area contributed by atoms with Crippen LogP contribution in [-0.2, 0) is 24.8 Å². The maximum atomic E-state index is 12.8. The topological polar surface area (TPSA) is 113 Å². The van der Waals surface area contributed by atoms with Crippen molar-refractivity contribution in [1.29, 1.82) is 0 Å². The quantitative estimate of drug-likeness (QED) is 0.617. The third-order valence-electron chi connectivity index (χ3n) is 4.97. The number of carbonyl (C=O) groups excluding carboxylic acids is 1. The molecule has 31 heavy (non-hydrogen) atoms. The van der Waals surface area contributed by atoms with Gasteiger partial charge in [0.1, 0.15) is 5.75 Å². The standard InChI is InChI=1S/C20H25N3O6S2/c1-29-17-7-9-19(10-8-17)31(27,28)23-15-13-22(14-16-23)20(24)11-12-21-30(25,26)18-5-3-2-4-6-18/h2-10,21H,11-16H2,1H3. The molecule has 0 spiro atoms. The summed E-state index contributed by atoms with van der Waals surface area (Å²) in [5.41, 5.74) is 0. The molecule has 0 radical (unpaired) electrons. The Hall–Kier alpha value is -2.47. The van der Waals surface area contributed by atoms with Gasteiger partial charge in [-0.1, -0.05) is 18.2 Å². The Morgan fingerprint density at radius 1 is 0.903 bits per heavy atom. The number of piperazine rings is 1. The fourth-order valence-electron chi connectivity index (χ4n) is 3.21. The van der Waals surface area contributed by atoms with Gasteiger partial charge < -0.3 is 9.64 Å². The predicted octanol–water partition coefficient (Wildman–Crippen LogP) is 0.897. The molecule has 0 aromatic heterocycles. The molecule has 9 nitrogen and oxygen atoms in total. The minimum atomic E-state index is -3.67. The third kappa shape index (κ3) is 5.62. The lowest BCUT2D eigenvalue weighted by molar-refractivity contribution is -0.132. The minimum Gasteiger partial charge on any atom is -0.497 e. The Balaban J connectivity index is 1.50. The van der Waals surface area contributed by atoms with Gasteiger partial charge >= 0.3 is 0 Å². The lowest BCUT2D eigenvalue weighted by atomic mass is 10.3. The summed E-state index contributed by atoms with van der Waals surface area (Å²) in [4.78, 5) is 14.3. The number of hydrogen-bond donors (Lipinski definition) is 1. The van der Waals surface area contributed by atoms with Gasteiger partial charge in [0.05, 0.1) is 16.9 Å². The van der Waals surface area contributed by atoms with E-state index in [-0.39, 0.29) is 54.8 Å². The molecule has 1 heterocycles. The first-order chi connectivity index (χ1) is 14.7. The van der Waals surface area contributed by atoms with Gasteiger partial charge in [0.2, 0.25) is 26.0 Å². The van der Waals surface area contributed by atoms with Crippen LogP contribution in [0.3, 0.4) is 0 Å². The molecule has 1 fully saturated rings. The van der Waals surface area contributed by atoms with Gasteiger partial charge in [0.25, 0.3) is 0 Å². The van der Waals surface area contributed by atoms with Crippen molar-refractivity contribution in [1.82, 2.24) is 13.9 Å². The van der Waals surface area contributed by atoms with E-state index in [1.165, 1.54) is 35.7 Å². The van der Waals surface area contributed by atoms with Crippen LogP contribution in [0, 0.1) is 0 Å². The van der Waals surface area contributed by atoms with Crippen molar-refractivity contribution >= 4 is 26.0 Å². The van der Waals surface area contributed by atoms with Crippen molar-refractivity contribution in [3.05, 3.63) is 54.6 Å². The smallest absolute Gasteiger partial charge is 0.243 e. The fourth-order valence-corrected chi connectivity index (χ4v) is 5.68. The Bertz CT molecular complexity index is 1100. The highest BCUT2D eigenvalue weighted by Crippen LogP contribution is 2.20. The van der Waals surface area contributed by atoms with E-state index in [0.29, 0.717) is 5.75 Å². The number of nitrogens with one attached hydrogen (secondary N) is 1. The first-order valence-electron chi connectivity index (χ1n) is 9.71. The lowest BCUT2D eigenvalue weighted by Crippen LogP contribution is -2.50. The average Bonchev–Trinajstić information content (AvgIpc) is 2.79. The highest BCUT2D eigenvalue weighted by atomic mass is 32.2. The van der Waals surface area contributed by atoms with Crippen LogP contribution in [0.4, 0.5) is 0 Å². The number of benzene rings is 2. The maximum absolute atomic E-state index is 12.8. The first-order valence-corrected chi connectivity index (χ1v) is 12.6. The second kappa shape index (κ2) is 9.77. The molecule has 3 rings (SSSR count). The van der Waals surface area contributed by atoms with Crippen molar-refractivity contribution in [3.63, 3.8) is 0 Å². The number of nitrogens with zero attached hydrogens (tertiary/aromatic N) is 2. The molecule has 0 aliphatic carbocycles. The molecule has 1 amide bonds. The fraction of sp³-hybridized carbons (Fsp3) is 0.350. The number of rotatable bonds is 8. The first kappa shape index (κ1) is 23.2. The molecule has 0 bridgehead atoms. The van der Waals surface area contributed by atoms with E-state index in [9.17, 15) is 21.6 Å². The zero-order valence-electron chi connectivity index (χ0n) is 17.1. The SMILES string of the molecule is COc1ccc(S(=O)(=O)N2CCN(C(=O)CCNS(=O)(=O)c3ccccc3)CC2)cc1. The van der Waals surface area contributed by atoms with Crippen molar-refractivity contribution < 1.29 is 26.4 Å². The summed E-state index contributed by atoms with van der Waals surface area (Å²) in [6.07, 6.45) is -0.00269. The Labute approximate surface area is 182 Å². The second-order valence-corrected chi connectivity index (χ2v) is 10.6. The molecule has 1 N–H and O–H groups in total. The van der Waals surface area contributed by atoms with Crippen molar-refractivity contribution in [2.24, 2.45) is 0 Å². The maximum Gasteiger partial charge on any atom is 0.243 e. The summed E-state index contributed by atoms with van der Waals surface area (Å²) in [5.74, 6) is 0.342. The highest BCUT2D eigenvalue weighted by Gasteiger charge is 2.30. The number of sulfonamides is 2. The molecule has 168 valence electrons. The molecule has 1 saturated heterocycles. The Morgan fingerprint density at radius 2 is 1.52 bits per heavy atom. The van der Waals surface area contributed by atoms with Crippen LogP contribution in [0.5, 0.6) is 5.75 Å². The van der Waals surface area contributed by atoms with E-state index in [4.69, 9.17) is 4.74 Å². The Kier molecular flexibility index (Phi) is 7.31. The number of hydrogen-bond acceptors (Lipinski definition) is 6. The molecule has 0 saturated carbocycles. The van der Waals surface area contributed by atoms with E-state index in [0.717, 1.165) is 0 Å². The van der Waals surface area contributed by atoms with Gasteiger partial charge in [-0.25, -0.2) is 21.6 Å². The molecule has 2 aromatic rings. The predicted molar refractivity (Wildman–Crippen MR) is 115 cm³/mol. The molecule has 0 atom stereocenters. The van der Waals surface area contributed by atoms with Crippen LogP contribution < -0.4 is 9.46 Å². The summed E-state index contributed by atoms with van der Waals surface area (Å²) >= 11 is 0. The van der Waals surface area contributed by atoms with Gasteiger partial charge in [-0.05, 0) is 36.4 Å². The molecule has 1 aliphatic heterocycles. The van der Waals surface area contributed by atoms with Gasteiger partial charge in [0, 0.05) is 39.1 Å². The number of ether oxygens (including phenoxy) is 1. The van der Waals surface area contributed by atoms with Crippen LogP contribution in [0.1, 0.15) is 6.42 Å². The molecule has 2 aromatic carbocycles. The normalized spacial score (nSPS) is 15.6. The van der Waals surface area contributed by atoms with Crippen LogP contribution in [0.2, 0.25) is 0 Å².